The Morgan fingerprint density at radius 1 is 1.18 bits per heavy atom. The van der Waals surface area contributed by atoms with E-state index in [1.54, 1.807) is 0 Å². The van der Waals surface area contributed by atoms with Crippen LogP contribution in [-0.2, 0) is 11.2 Å². The van der Waals surface area contributed by atoms with Crippen LogP contribution in [0.15, 0.2) is 30.3 Å². The van der Waals surface area contributed by atoms with Gasteiger partial charge in [0.25, 0.3) is 0 Å². The zero-order valence-electron chi connectivity index (χ0n) is 12.8. The van der Waals surface area contributed by atoms with Gasteiger partial charge in [-0.2, -0.15) is 4.98 Å². The molecule has 0 aliphatic rings. The zero-order valence-corrected chi connectivity index (χ0v) is 13.6. The molecule has 1 amide bonds. The molecule has 2 heterocycles. The quantitative estimate of drug-likeness (QED) is 0.800. The van der Waals surface area contributed by atoms with Gasteiger partial charge in [-0.05, 0) is 38.0 Å². The third kappa shape index (κ3) is 3.14. The molecule has 112 valence electrons. The molecule has 0 bridgehead atoms. The summed E-state index contributed by atoms with van der Waals surface area (Å²) in [4.78, 5) is 21.0. The molecule has 0 unspecified atom stereocenters. The number of nitrogens with zero attached hydrogens (tertiary/aromatic N) is 2. The SMILES string of the molecule is Cc1cccc(CC(=O)Nc2nc3nc(C)cc(C)c3s2)c1. The summed E-state index contributed by atoms with van der Waals surface area (Å²) >= 11 is 1.47. The monoisotopic (exact) mass is 311 g/mol. The van der Waals surface area contributed by atoms with Gasteiger partial charge in [-0.1, -0.05) is 41.2 Å². The van der Waals surface area contributed by atoms with Crippen LogP contribution < -0.4 is 5.32 Å². The van der Waals surface area contributed by atoms with Crippen molar-refractivity contribution < 1.29 is 4.79 Å². The van der Waals surface area contributed by atoms with Gasteiger partial charge in [0, 0.05) is 5.69 Å². The number of rotatable bonds is 3. The van der Waals surface area contributed by atoms with Gasteiger partial charge in [0.05, 0.1) is 11.1 Å². The van der Waals surface area contributed by atoms with Crippen molar-refractivity contribution in [2.45, 2.75) is 27.2 Å². The molecule has 0 aliphatic carbocycles. The molecule has 3 rings (SSSR count). The number of benzene rings is 1. The second-order valence-corrected chi connectivity index (χ2v) is 6.47. The molecule has 0 radical (unpaired) electrons. The number of hydrogen-bond donors (Lipinski definition) is 1. The summed E-state index contributed by atoms with van der Waals surface area (Å²) in [6.07, 6.45) is 0.350. The van der Waals surface area contributed by atoms with E-state index in [2.05, 4.69) is 15.3 Å². The van der Waals surface area contributed by atoms with Gasteiger partial charge in [-0.25, -0.2) is 4.98 Å². The fourth-order valence-corrected chi connectivity index (χ4v) is 3.34. The van der Waals surface area contributed by atoms with Crippen molar-refractivity contribution >= 4 is 32.7 Å². The summed E-state index contributed by atoms with van der Waals surface area (Å²) in [5.41, 5.74) is 4.94. The molecule has 0 saturated carbocycles. The molecule has 0 aliphatic heterocycles. The van der Waals surface area contributed by atoms with Gasteiger partial charge in [-0.15, -0.1) is 0 Å². The van der Waals surface area contributed by atoms with Crippen molar-refractivity contribution in [3.8, 4) is 0 Å². The van der Waals surface area contributed by atoms with Crippen molar-refractivity contribution in [1.29, 1.82) is 0 Å². The molecular formula is C17H17N3OS. The minimum atomic E-state index is -0.0565. The Hall–Kier alpha value is -2.27. The minimum Gasteiger partial charge on any atom is -0.302 e. The van der Waals surface area contributed by atoms with E-state index in [1.165, 1.54) is 11.3 Å². The molecule has 3 aromatic rings. The van der Waals surface area contributed by atoms with Gasteiger partial charge < -0.3 is 5.32 Å². The number of fused-ring (bicyclic) bond motifs is 1. The summed E-state index contributed by atoms with van der Waals surface area (Å²) in [6.45, 7) is 6.00. The highest BCUT2D eigenvalue weighted by atomic mass is 32.1. The third-order valence-corrected chi connectivity index (χ3v) is 4.46. The van der Waals surface area contributed by atoms with Gasteiger partial charge >= 0.3 is 0 Å². The van der Waals surface area contributed by atoms with Crippen LogP contribution in [0.1, 0.15) is 22.4 Å². The van der Waals surface area contributed by atoms with Crippen LogP contribution in [0.5, 0.6) is 0 Å². The first-order chi connectivity index (χ1) is 10.5. The minimum absolute atomic E-state index is 0.0565. The number of anilines is 1. The summed E-state index contributed by atoms with van der Waals surface area (Å²) < 4.78 is 1.02. The highest BCUT2D eigenvalue weighted by Crippen LogP contribution is 2.28. The van der Waals surface area contributed by atoms with Gasteiger partial charge in [0.15, 0.2) is 10.8 Å². The standard InChI is InChI=1S/C17H17N3OS/c1-10-5-4-6-13(7-10)9-14(21)19-17-20-16-15(22-17)11(2)8-12(3)18-16/h4-8H,9H2,1-3H3,(H,18,19,20,21). The number of carbonyl (C=O) groups excluding carboxylic acids is 1. The molecule has 0 spiro atoms. The summed E-state index contributed by atoms with van der Waals surface area (Å²) in [7, 11) is 0. The highest BCUT2D eigenvalue weighted by Gasteiger charge is 2.11. The summed E-state index contributed by atoms with van der Waals surface area (Å²) in [5.74, 6) is -0.0565. The predicted molar refractivity (Wildman–Crippen MR) is 90.4 cm³/mol. The van der Waals surface area contributed by atoms with E-state index in [0.29, 0.717) is 17.2 Å². The molecular weight excluding hydrogens is 294 g/mol. The van der Waals surface area contributed by atoms with Crippen LogP contribution in [-0.4, -0.2) is 15.9 Å². The number of carbonyl (C=O) groups is 1. The van der Waals surface area contributed by atoms with Crippen LogP contribution in [0, 0.1) is 20.8 Å². The maximum Gasteiger partial charge on any atom is 0.230 e. The Morgan fingerprint density at radius 2 is 2.00 bits per heavy atom. The van der Waals surface area contributed by atoms with Gasteiger partial charge in [-0.3, -0.25) is 4.79 Å². The first-order valence-electron chi connectivity index (χ1n) is 7.11. The predicted octanol–water partition coefficient (Wildman–Crippen LogP) is 3.80. The number of aromatic nitrogens is 2. The number of aryl methyl sites for hydroxylation is 3. The fourth-order valence-electron chi connectivity index (χ4n) is 2.45. The van der Waals surface area contributed by atoms with E-state index in [-0.39, 0.29) is 5.91 Å². The number of amides is 1. The second kappa shape index (κ2) is 5.85. The molecule has 4 nitrogen and oxygen atoms in total. The Labute approximate surface area is 133 Å². The summed E-state index contributed by atoms with van der Waals surface area (Å²) in [5, 5.41) is 3.48. The molecule has 0 saturated heterocycles. The van der Waals surface area contributed by atoms with E-state index in [9.17, 15) is 4.79 Å². The third-order valence-electron chi connectivity index (χ3n) is 3.37. The lowest BCUT2D eigenvalue weighted by Gasteiger charge is -2.02. The summed E-state index contributed by atoms with van der Waals surface area (Å²) in [6, 6.07) is 9.99. The Balaban J connectivity index is 1.78. The van der Waals surface area contributed by atoms with Crippen LogP contribution in [0.4, 0.5) is 5.13 Å². The number of hydrogen-bond acceptors (Lipinski definition) is 4. The lowest BCUT2D eigenvalue weighted by Crippen LogP contribution is -2.14. The fraction of sp³-hybridized carbons (Fsp3) is 0.235. The average molecular weight is 311 g/mol. The first kappa shape index (κ1) is 14.7. The van der Waals surface area contributed by atoms with Gasteiger partial charge in [0.1, 0.15) is 0 Å². The molecule has 1 aromatic carbocycles. The van der Waals surface area contributed by atoms with Crippen molar-refractivity contribution in [2.24, 2.45) is 0 Å². The number of thiazole rings is 1. The Kier molecular flexibility index (Phi) is 3.90. The van der Waals surface area contributed by atoms with Crippen LogP contribution in [0.25, 0.3) is 10.3 Å². The topological polar surface area (TPSA) is 54.9 Å². The zero-order chi connectivity index (χ0) is 15.7. The number of pyridine rings is 1. The van der Waals surface area contributed by atoms with E-state index < -0.39 is 0 Å². The lowest BCUT2D eigenvalue weighted by atomic mass is 10.1. The van der Waals surface area contributed by atoms with Crippen molar-refractivity contribution in [2.75, 3.05) is 5.32 Å². The molecule has 1 N–H and O–H groups in total. The molecule has 22 heavy (non-hydrogen) atoms. The smallest absolute Gasteiger partial charge is 0.230 e. The maximum atomic E-state index is 12.2. The first-order valence-corrected chi connectivity index (χ1v) is 7.93. The van der Waals surface area contributed by atoms with Crippen LogP contribution in [0.2, 0.25) is 0 Å². The van der Waals surface area contributed by atoms with E-state index in [0.717, 1.165) is 27.1 Å². The molecule has 0 fully saturated rings. The van der Waals surface area contributed by atoms with Crippen LogP contribution >= 0.6 is 11.3 Å². The number of nitrogens with one attached hydrogen (secondary N) is 1. The lowest BCUT2D eigenvalue weighted by molar-refractivity contribution is -0.115. The van der Waals surface area contributed by atoms with Crippen molar-refractivity contribution in [1.82, 2.24) is 9.97 Å². The largest absolute Gasteiger partial charge is 0.302 e. The van der Waals surface area contributed by atoms with Gasteiger partial charge in [0.2, 0.25) is 5.91 Å². The second-order valence-electron chi connectivity index (χ2n) is 5.47. The molecule has 5 heteroatoms. The van der Waals surface area contributed by atoms with E-state index in [1.807, 2.05) is 51.1 Å². The Bertz CT molecular complexity index is 854. The Morgan fingerprint density at radius 3 is 2.77 bits per heavy atom. The van der Waals surface area contributed by atoms with Crippen molar-refractivity contribution in [3.63, 3.8) is 0 Å². The average Bonchev–Trinajstić information content (AvgIpc) is 2.81. The molecule has 2 aromatic heterocycles. The van der Waals surface area contributed by atoms with Crippen molar-refractivity contribution in [3.05, 3.63) is 52.7 Å². The van der Waals surface area contributed by atoms with Crippen LogP contribution in [0.3, 0.4) is 0 Å². The maximum absolute atomic E-state index is 12.2. The normalized spacial score (nSPS) is 10.9. The highest BCUT2D eigenvalue weighted by molar-refractivity contribution is 7.22. The van der Waals surface area contributed by atoms with E-state index >= 15 is 0 Å². The molecule has 0 atom stereocenters. The van der Waals surface area contributed by atoms with E-state index in [4.69, 9.17) is 0 Å².